The summed E-state index contributed by atoms with van der Waals surface area (Å²) in [5.41, 5.74) is 0. The number of hydrogen-bond donors (Lipinski definition) is 1. The SMILES string of the molecule is CCCNC1CCC(C(CC)CC)C1. The molecule has 1 aliphatic rings. The third-order valence-electron chi connectivity index (χ3n) is 3.87. The number of hydrogen-bond acceptors (Lipinski definition) is 1. The van der Waals surface area contributed by atoms with Gasteiger partial charge in [-0.15, -0.1) is 0 Å². The fourth-order valence-corrected chi connectivity index (χ4v) is 2.93. The second-order valence-electron chi connectivity index (χ2n) is 4.80. The molecule has 0 aromatic heterocycles. The van der Waals surface area contributed by atoms with Gasteiger partial charge in [-0.2, -0.15) is 0 Å². The van der Waals surface area contributed by atoms with E-state index in [1.54, 1.807) is 0 Å². The first kappa shape index (κ1) is 12.0. The lowest BCUT2D eigenvalue weighted by Crippen LogP contribution is -2.27. The van der Waals surface area contributed by atoms with Gasteiger partial charge in [-0.05, 0) is 44.1 Å². The molecule has 1 N–H and O–H groups in total. The maximum Gasteiger partial charge on any atom is 0.00699 e. The molecule has 1 rings (SSSR count). The van der Waals surface area contributed by atoms with Crippen molar-refractivity contribution in [3.63, 3.8) is 0 Å². The second-order valence-corrected chi connectivity index (χ2v) is 4.80. The summed E-state index contributed by atoms with van der Waals surface area (Å²) in [5, 5.41) is 3.66. The minimum atomic E-state index is 0.834. The van der Waals surface area contributed by atoms with E-state index in [-0.39, 0.29) is 0 Å². The van der Waals surface area contributed by atoms with Gasteiger partial charge in [-0.3, -0.25) is 0 Å². The van der Waals surface area contributed by atoms with Crippen LogP contribution >= 0.6 is 0 Å². The summed E-state index contributed by atoms with van der Waals surface area (Å²) >= 11 is 0. The van der Waals surface area contributed by atoms with Crippen LogP contribution in [0, 0.1) is 11.8 Å². The van der Waals surface area contributed by atoms with Crippen LogP contribution in [0.1, 0.15) is 59.3 Å². The van der Waals surface area contributed by atoms with E-state index in [4.69, 9.17) is 0 Å². The Morgan fingerprint density at radius 1 is 1.14 bits per heavy atom. The maximum atomic E-state index is 3.66. The van der Waals surface area contributed by atoms with Gasteiger partial charge in [0.05, 0.1) is 0 Å². The second kappa shape index (κ2) is 6.44. The average molecular weight is 197 g/mol. The van der Waals surface area contributed by atoms with Gasteiger partial charge in [-0.1, -0.05) is 33.6 Å². The van der Waals surface area contributed by atoms with Gasteiger partial charge in [0.1, 0.15) is 0 Å². The van der Waals surface area contributed by atoms with Gasteiger partial charge in [0.25, 0.3) is 0 Å². The van der Waals surface area contributed by atoms with E-state index in [1.165, 1.54) is 45.1 Å². The van der Waals surface area contributed by atoms with Crippen LogP contribution in [0.4, 0.5) is 0 Å². The molecule has 0 radical (unpaired) electrons. The van der Waals surface area contributed by atoms with Crippen molar-refractivity contribution >= 4 is 0 Å². The molecule has 1 fully saturated rings. The van der Waals surface area contributed by atoms with Crippen molar-refractivity contribution in [1.82, 2.24) is 5.32 Å². The Hall–Kier alpha value is -0.0400. The van der Waals surface area contributed by atoms with Crippen molar-refractivity contribution in [3.8, 4) is 0 Å². The molecular formula is C13H27N. The topological polar surface area (TPSA) is 12.0 Å². The first-order chi connectivity index (χ1) is 6.81. The van der Waals surface area contributed by atoms with Gasteiger partial charge in [-0.25, -0.2) is 0 Å². The van der Waals surface area contributed by atoms with E-state index in [0.29, 0.717) is 0 Å². The zero-order valence-corrected chi connectivity index (χ0v) is 10.2. The highest BCUT2D eigenvalue weighted by Crippen LogP contribution is 2.34. The van der Waals surface area contributed by atoms with Crippen LogP contribution < -0.4 is 5.32 Å². The molecule has 1 nitrogen and oxygen atoms in total. The Balaban J connectivity index is 2.25. The van der Waals surface area contributed by atoms with Crippen LogP contribution in [-0.4, -0.2) is 12.6 Å². The first-order valence-electron chi connectivity index (χ1n) is 6.55. The van der Waals surface area contributed by atoms with Gasteiger partial charge < -0.3 is 5.32 Å². The van der Waals surface area contributed by atoms with Gasteiger partial charge in [0.2, 0.25) is 0 Å². The Labute approximate surface area is 89.7 Å². The summed E-state index contributed by atoms with van der Waals surface area (Å²) in [5.74, 6) is 2.00. The van der Waals surface area contributed by atoms with Gasteiger partial charge >= 0.3 is 0 Å². The molecule has 0 saturated heterocycles. The fourth-order valence-electron chi connectivity index (χ4n) is 2.93. The van der Waals surface area contributed by atoms with Crippen LogP contribution in [0.15, 0.2) is 0 Å². The molecule has 2 unspecified atom stereocenters. The molecule has 0 aliphatic heterocycles. The zero-order valence-electron chi connectivity index (χ0n) is 10.2. The van der Waals surface area contributed by atoms with E-state index in [9.17, 15) is 0 Å². The first-order valence-corrected chi connectivity index (χ1v) is 6.55. The van der Waals surface area contributed by atoms with Gasteiger partial charge in [0, 0.05) is 6.04 Å². The number of rotatable bonds is 6. The predicted molar refractivity (Wildman–Crippen MR) is 63.5 cm³/mol. The van der Waals surface area contributed by atoms with Crippen molar-refractivity contribution in [2.75, 3.05) is 6.54 Å². The van der Waals surface area contributed by atoms with Crippen molar-refractivity contribution in [1.29, 1.82) is 0 Å². The van der Waals surface area contributed by atoms with Crippen LogP contribution in [0.25, 0.3) is 0 Å². The van der Waals surface area contributed by atoms with Crippen molar-refractivity contribution in [2.45, 2.75) is 65.3 Å². The minimum Gasteiger partial charge on any atom is -0.314 e. The van der Waals surface area contributed by atoms with E-state index in [0.717, 1.165) is 17.9 Å². The lowest BCUT2D eigenvalue weighted by atomic mass is 9.86. The van der Waals surface area contributed by atoms with Crippen molar-refractivity contribution in [3.05, 3.63) is 0 Å². The Bertz CT molecular complexity index is 140. The molecule has 0 aromatic rings. The largest absolute Gasteiger partial charge is 0.314 e. The zero-order chi connectivity index (χ0) is 10.4. The maximum absolute atomic E-state index is 3.66. The molecular weight excluding hydrogens is 170 g/mol. The standard InChI is InChI=1S/C13H27N/c1-4-9-14-13-8-7-12(10-13)11(5-2)6-3/h11-14H,4-10H2,1-3H3. The third-order valence-corrected chi connectivity index (χ3v) is 3.87. The van der Waals surface area contributed by atoms with Crippen LogP contribution in [0.3, 0.4) is 0 Å². The average Bonchev–Trinajstić information content (AvgIpc) is 2.65. The monoisotopic (exact) mass is 197 g/mol. The van der Waals surface area contributed by atoms with E-state index >= 15 is 0 Å². The highest BCUT2D eigenvalue weighted by atomic mass is 14.9. The summed E-state index contributed by atoms with van der Waals surface area (Å²) in [6.45, 7) is 8.16. The molecule has 1 aliphatic carbocycles. The Morgan fingerprint density at radius 3 is 2.43 bits per heavy atom. The minimum absolute atomic E-state index is 0.834. The van der Waals surface area contributed by atoms with Crippen molar-refractivity contribution < 1.29 is 0 Å². The molecule has 1 heteroatoms. The van der Waals surface area contributed by atoms with E-state index in [2.05, 4.69) is 26.1 Å². The summed E-state index contributed by atoms with van der Waals surface area (Å²) in [7, 11) is 0. The van der Waals surface area contributed by atoms with E-state index in [1.807, 2.05) is 0 Å². The van der Waals surface area contributed by atoms with Gasteiger partial charge in [0.15, 0.2) is 0 Å². The van der Waals surface area contributed by atoms with Crippen molar-refractivity contribution in [2.24, 2.45) is 11.8 Å². The normalized spacial score (nSPS) is 27.4. The summed E-state index contributed by atoms with van der Waals surface area (Å²) in [4.78, 5) is 0. The summed E-state index contributed by atoms with van der Waals surface area (Å²) in [6, 6.07) is 0.834. The van der Waals surface area contributed by atoms with Crippen LogP contribution in [0.5, 0.6) is 0 Å². The van der Waals surface area contributed by atoms with E-state index < -0.39 is 0 Å². The molecule has 0 spiro atoms. The smallest absolute Gasteiger partial charge is 0.00699 e. The molecule has 1 saturated carbocycles. The molecule has 84 valence electrons. The van der Waals surface area contributed by atoms with Crippen LogP contribution in [-0.2, 0) is 0 Å². The summed E-state index contributed by atoms with van der Waals surface area (Å²) in [6.07, 6.45) is 8.34. The lowest BCUT2D eigenvalue weighted by Gasteiger charge is -2.20. The highest BCUT2D eigenvalue weighted by Gasteiger charge is 2.28. The fraction of sp³-hybridized carbons (Fsp3) is 1.00. The molecule has 0 bridgehead atoms. The molecule has 0 amide bonds. The Kier molecular flexibility index (Phi) is 5.54. The molecule has 14 heavy (non-hydrogen) atoms. The summed E-state index contributed by atoms with van der Waals surface area (Å²) < 4.78 is 0. The molecule has 0 heterocycles. The number of nitrogens with one attached hydrogen (secondary N) is 1. The molecule has 0 aromatic carbocycles. The molecule has 2 atom stereocenters. The Morgan fingerprint density at radius 2 is 1.86 bits per heavy atom. The third kappa shape index (κ3) is 3.27. The highest BCUT2D eigenvalue weighted by molar-refractivity contribution is 4.83. The predicted octanol–water partition coefficient (Wildman–Crippen LogP) is 3.59. The quantitative estimate of drug-likeness (QED) is 0.686. The van der Waals surface area contributed by atoms with Crippen LogP contribution in [0.2, 0.25) is 0 Å². The lowest BCUT2D eigenvalue weighted by molar-refractivity contribution is 0.312.